The molecular weight excluding hydrogens is 320 g/mol. The highest BCUT2D eigenvalue weighted by molar-refractivity contribution is 5.85. The summed E-state index contributed by atoms with van der Waals surface area (Å²) in [5.74, 6) is 0.793. The monoisotopic (exact) mass is 346 g/mol. The number of carbonyl (C=O) groups is 2. The van der Waals surface area contributed by atoms with E-state index in [1.165, 1.54) is 0 Å². The molecule has 2 aliphatic rings. The molecule has 3 rings (SSSR count). The molecule has 0 unspecified atom stereocenters. The summed E-state index contributed by atoms with van der Waals surface area (Å²) in [6.45, 7) is 6.14. The van der Waals surface area contributed by atoms with Gasteiger partial charge in [-0.2, -0.15) is 0 Å². The molecular formula is C18H26N4O3. The van der Waals surface area contributed by atoms with E-state index in [9.17, 15) is 9.59 Å². The average Bonchev–Trinajstić information content (AvgIpc) is 2.79. The standard InChI is InChI=1S/C18H26N4O3/c1-13-10-15(20-14(2)19-13)16-11-22(8-9-25-16)18(24)12-21-7-5-3-4-6-17(21)23/h10,16H,3-9,11-12H2,1-2H3/t16-/m0/s1. The number of hydrogen-bond donors (Lipinski definition) is 0. The van der Waals surface area contributed by atoms with Gasteiger partial charge in [0.15, 0.2) is 0 Å². The van der Waals surface area contributed by atoms with Gasteiger partial charge in [-0.25, -0.2) is 9.97 Å². The minimum atomic E-state index is -0.238. The number of aryl methyl sites for hydroxylation is 2. The minimum absolute atomic E-state index is 0.00829. The molecule has 2 fully saturated rings. The Hall–Kier alpha value is -2.02. The predicted molar refractivity (Wildman–Crippen MR) is 91.8 cm³/mol. The molecule has 0 N–H and O–H groups in total. The zero-order valence-electron chi connectivity index (χ0n) is 15.0. The summed E-state index contributed by atoms with van der Waals surface area (Å²) >= 11 is 0. The number of morpholine rings is 1. The molecule has 2 saturated heterocycles. The number of amides is 2. The van der Waals surface area contributed by atoms with Crippen LogP contribution in [-0.2, 0) is 14.3 Å². The van der Waals surface area contributed by atoms with E-state index in [1.54, 1.807) is 9.80 Å². The highest BCUT2D eigenvalue weighted by Crippen LogP contribution is 2.22. The lowest BCUT2D eigenvalue weighted by atomic mass is 10.1. The van der Waals surface area contributed by atoms with Crippen LogP contribution in [0.5, 0.6) is 0 Å². The molecule has 136 valence electrons. The summed E-state index contributed by atoms with van der Waals surface area (Å²) in [6.07, 6.45) is 3.28. The molecule has 25 heavy (non-hydrogen) atoms. The third kappa shape index (κ3) is 4.54. The fourth-order valence-electron chi connectivity index (χ4n) is 3.43. The normalized spacial score (nSPS) is 22.0. The molecule has 2 aliphatic heterocycles. The zero-order valence-corrected chi connectivity index (χ0v) is 15.0. The lowest BCUT2D eigenvalue weighted by Gasteiger charge is -2.34. The van der Waals surface area contributed by atoms with Crippen molar-refractivity contribution in [3.05, 3.63) is 23.3 Å². The molecule has 0 spiro atoms. The molecule has 1 atom stereocenters. The van der Waals surface area contributed by atoms with Crippen LogP contribution in [0, 0.1) is 13.8 Å². The van der Waals surface area contributed by atoms with Crippen molar-refractivity contribution in [1.29, 1.82) is 0 Å². The topological polar surface area (TPSA) is 75.6 Å². The molecule has 7 nitrogen and oxygen atoms in total. The van der Waals surface area contributed by atoms with Gasteiger partial charge in [0.1, 0.15) is 11.9 Å². The van der Waals surface area contributed by atoms with Gasteiger partial charge in [-0.05, 0) is 32.8 Å². The van der Waals surface area contributed by atoms with Crippen LogP contribution in [0.2, 0.25) is 0 Å². The van der Waals surface area contributed by atoms with E-state index in [-0.39, 0.29) is 24.5 Å². The van der Waals surface area contributed by atoms with E-state index in [4.69, 9.17) is 4.74 Å². The van der Waals surface area contributed by atoms with Gasteiger partial charge in [0.05, 0.1) is 25.4 Å². The number of carbonyl (C=O) groups excluding carboxylic acids is 2. The third-order valence-corrected chi connectivity index (χ3v) is 4.73. The van der Waals surface area contributed by atoms with Crippen molar-refractivity contribution < 1.29 is 14.3 Å². The fraction of sp³-hybridized carbons (Fsp3) is 0.667. The number of rotatable bonds is 3. The van der Waals surface area contributed by atoms with Crippen molar-refractivity contribution in [2.45, 2.75) is 45.6 Å². The SMILES string of the molecule is Cc1cc([C@@H]2CN(C(=O)CN3CCCCCC3=O)CCO2)nc(C)n1. The Kier molecular flexibility index (Phi) is 5.63. The maximum absolute atomic E-state index is 12.7. The summed E-state index contributed by atoms with van der Waals surface area (Å²) in [7, 11) is 0. The minimum Gasteiger partial charge on any atom is -0.368 e. The molecule has 1 aromatic rings. The van der Waals surface area contributed by atoms with Crippen molar-refractivity contribution >= 4 is 11.8 Å². The van der Waals surface area contributed by atoms with E-state index in [0.29, 0.717) is 38.5 Å². The summed E-state index contributed by atoms with van der Waals surface area (Å²) in [5.41, 5.74) is 1.71. The molecule has 0 saturated carbocycles. The number of hydrogen-bond acceptors (Lipinski definition) is 5. The molecule has 0 aromatic carbocycles. The molecule has 0 radical (unpaired) electrons. The maximum Gasteiger partial charge on any atom is 0.242 e. The Morgan fingerprint density at radius 2 is 2.08 bits per heavy atom. The van der Waals surface area contributed by atoms with Crippen LogP contribution in [0.15, 0.2) is 6.07 Å². The Bertz CT molecular complexity index is 629. The highest BCUT2D eigenvalue weighted by atomic mass is 16.5. The Labute approximate surface area is 148 Å². The summed E-state index contributed by atoms with van der Waals surface area (Å²) < 4.78 is 5.82. The van der Waals surface area contributed by atoms with Gasteiger partial charge in [-0.1, -0.05) is 6.42 Å². The van der Waals surface area contributed by atoms with Crippen molar-refractivity contribution in [2.24, 2.45) is 0 Å². The van der Waals surface area contributed by atoms with E-state index in [2.05, 4.69) is 9.97 Å². The van der Waals surface area contributed by atoms with E-state index < -0.39 is 0 Å². The number of ether oxygens (including phenoxy) is 1. The Balaban J connectivity index is 1.64. The molecule has 0 aliphatic carbocycles. The zero-order chi connectivity index (χ0) is 17.8. The molecule has 7 heteroatoms. The third-order valence-electron chi connectivity index (χ3n) is 4.73. The smallest absolute Gasteiger partial charge is 0.242 e. The number of aromatic nitrogens is 2. The van der Waals surface area contributed by atoms with Crippen molar-refractivity contribution in [3.8, 4) is 0 Å². The lowest BCUT2D eigenvalue weighted by molar-refractivity contribution is -0.145. The van der Waals surface area contributed by atoms with Crippen LogP contribution in [-0.4, -0.2) is 64.4 Å². The second kappa shape index (κ2) is 7.91. The second-order valence-electron chi connectivity index (χ2n) is 6.81. The van der Waals surface area contributed by atoms with Crippen molar-refractivity contribution in [2.75, 3.05) is 32.8 Å². The van der Waals surface area contributed by atoms with Crippen molar-refractivity contribution in [1.82, 2.24) is 19.8 Å². The van der Waals surface area contributed by atoms with Crippen LogP contribution in [0.3, 0.4) is 0 Å². The summed E-state index contributed by atoms with van der Waals surface area (Å²) in [6, 6.07) is 1.91. The summed E-state index contributed by atoms with van der Waals surface area (Å²) in [4.78, 5) is 37.0. The first-order chi connectivity index (χ1) is 12.0. The lowest BCUT2D eigenvalue weighted by Crippen LogP contribution is -2.48. The predicted octanol–water partition coefficient (Wildman–Crippen LogP) is 1.40. The van der Waals surface area contributed by atoms with Gasteiger partial charge in [0, 0.05) is 25.2 Å². The Morgan fingerprint density at radius 3 is 2.88 bits per heavy atom. The largest absolute Gasteiger partial charge is 0.368 e. The van der Waals surface area contributed by atoms with E-state index in [1.807, 2.05) is 19.9 Å². The van der Waals surface area contributed by atoms with Gasteiger partial charge in [0.2, 0.25) is 11.8 Å². The molecule has 3 heterocycles. The van der Waals surface area contributed by atoms with Crippen LogP contribution < -0.4 is 0 Å². The van der Waals surface area contributed by atoms with Gasteiger partial charge in [0.25, 0.3) is 0 Å². The first-order valence-corrected chi connectivity index (χ1v) is 9.02. The van der Waals surface area contributed by atoms with Crippen LogP contribution in [0.25, 0.3) is 0 Å². The molecule has 0 bridgehead atoms. The van der Waals surface area contributed by atoms with Crippen molar-refractivity contribution in [3.63, 3.8) is 0 Å². The highest BCUT2D eigenvalue weighted by Gasteiger charge is 2.29. The van der Waals surface area contributed by atoms with Crippen LogP contribution in [0.4, 0.5) is 0 Å². The first kappa shape index (κ1) is 17.8. The number of likely N-dealkylation sites (tertiary alicyclic amines) is 1. The van der Waals surface area contributed by atoms with Gasteiger partial charge >= 0.3 is 0 Å². The van der Waals surface area contributed by atoms with Crippen LogP contribution in [0.1, 0.15) is 49.0 Å². The second-order valence-corrected chi connectivity index (χ2v) is 6.81. The van der Waals surface area contributed by atoms with E-state index >= 15 is 0 Å². The first-order valence-electron chi connectivity index (χ1n) is 9.02. The van der Waals surface area contributed by atoms with Gasteiger partial charge in [-0.15, -0.1) is 0 Å². The van der Waals surface area contributed by atoms with Gasteiger partial charge in [-0.3, -0.25) is 9.59 Å². The average molecular weight is 346 g/mol. The van der Waals surface area contributed by atoms with E-state index in [0.717, 1.165) is 30.7 Å². The molecule has 2 amide bonds. The number of nitrogens with zero attached hydrogens (tertiary/aromatic N) is 4. The summed E-state index contributed by atoms with van der Waals surface area (Å²) in [5, 5.41) is 0. The molecule has 1 aromatic heterocycles. The van der Waals surface area contributed by atoms with Gasteiger partial charge < -0.3 is 14.5 Å². The van der Waals surface area contributed by atoms with Crippen LogP contribution >= 0.6 is 0 Å². The quantitative estimate of drug-likeness (QED) is 0.827. The fourth-order valence-corrected chi connectivity index (χ4v) is 3.43. The maximum atomic E-state index is 12.7. The Morgan fingerprint density at radius 1 is 1.24 bits per heavy atom.